The number of nitrogens with two attached hydrogens (primary N) is 1. The van der Waals surface area contributed by atoms with Gasteiger partial charge in [-0.1, -0.05) is 0 Å². The second-order valence-electron chi connectivity index (χ2n) is 2.46. The fourth-order valence-corrected chi connectivity index (χ4v) is 1.82. The zero-order chi connectivity index (χ0) is 6.69. The predicted molar refractivity (Wildman–Crippen MR) is 42.8 cm³/mol. The van der Waals surface area contributed by atoms with Crippen molar-refractivity contribution in [3.8, 4) is 0 Å². The summed E-state index contributed by atoms with van der Waals surface area (Å²) >= 11 is 2.02. The van der Waals surface area contributed by atoms with Crippen molar-refractivity contribution < 1.29 is 0 Å². The van der Waals surface area contributed by atoms with Gasteiger partial charge in [-0.2, -0.15) is 11.8 Å². The van der Waals surface area contributed by atoms with Crippen molar-refractivity contribution in [1.82, 2.24) is 4.90 Å². The Balaban J connectivity index is 2.08. The zero-order valence-electron chi connectivity index (χ0n) is 5.84. The van der Waals surface area contributed by atoms with Crippen LogP contribution in [0.25, 0.3) is 0 Å². The van der Waals surface area contributed by atoms with Gasteiger partial charge in [-0.3, -0.25) is 0 Å². The molecular weight excluding hydrogens is 132 g/mol. The molecule has 1 fully saturated rings. The SMILES string of the molecule is CN(CCN)C1CSC1. The molecule has 0 atom stereocenters. The molecule has 0 aromatic carbocycles. The Morgan fingerprint density at radius 3 is 2.67 bits per heavy atom. The van der Waals surface area contributed by atoms with Crippen molar-refractivity contribution in [1.29, 1.82) is 0 Å². The van der Waals surface area contributed by atoms with Gasteiger partial charge in [0.25, 0.3) is 0 Å². The van der Waals surface area contributed by atoms with Crippen molar-refractivity contribution in [2.75, 3.05) is 31.6 Å². The molecule has 0 aliphatic carbocycles. The number of hydrogen-bond donors (Lipinski definition) is 1. The van der Waals surface area contributed by atoms with Crippen molar-refractivity contribution in [3.63, 3.8) is 0 Å². The molecule has 3 heteroatoms. The largest absolute Gasteiger partial charge is 0.329 e. The molecule has 1 aliphatic heterocycles. The Hall–Kier alpha value is 0.270. The lowest BCUT2D eigenvalue weighted by Crippen LogP contribution is -2.43. The van der Waals surface area contributed by atoms with Gasteiger partial charge >= 0.3 is 0 Å². The molecule has 2 N–H and O–H groups in total. The Labute approximate surface area is 60.8 Å². The van der Waals surface area contributed by atoms with Crippen LogP contribution in [-0.2, 0) is 0 Å². The van der Waals surface area contributed by atoms with E-state index in [1.165, 1.54) is 11.5 Å². The fourth-order valence-electron chi connectivity index (χ4n) is 0.864. The summed E-state index contributed by atoms with van der Waals surface area (Å²) in [4.78, 5) is 2.34. The molecule has 0 aromatic rings. The first-order valence-electron chi connectivity index (χ1n) is 3.32. The lowest BCUT2D eigenvalue weighted by Gasteiger charge is -2.33. The lowest BCUT2D eigenvalue weighted by atomic mass is 10.3. The van der Waals surface area contributed by atoms with Gasteiger partial charge in [-0.15, -0.1) is 0 Å². The normalized spacial score (nSPS) is 20.3. The quantitative estimate of drug-likeness (QED) is 0.607. The fraction of sp³-hybridized carbons (Fsp3) is 1.00. The molecule has 1 aliphatic rings. The van der Waals surface area contributed by atoms with Crippen LogP contribution >= 0.6 is 11.8 Å². The van der Waals surface area contributed by atoms with Crippen LogP contribution in [0.2, 0.25) is 0 Å². The second kappa shape index (κ2) is 3.44. The van der Waals surface area contributed by atoms with Gasteiger partial charge < -0.3 is 10.6 Å². The minimum atomic E-state index is 0.789. The van der Waals surface area contributed by atoms with Crippen molar-refractivity contribution >= 4 is 11.8 Å². The van der Waals surface area contributed by atoms with Gasteiger partial charge in [-0.25, -0.2) is 0 Å². The summed E-state index contributed by atoms with van der Waals surface area (Å²) < 4.78 is 0. The lowest BCUT2D eigenvalue weighted by molar-refractivity contribution is 0.280. The highest BCUT2D eigenvalue weighted by Crippen LogP contribution is 2.21. The van der Waals surface area contributed by atoms with Crippen molar-refractivity contribution in [3.05, 3.63) is 0 Å². The van der Waals surface area contributed by atoms with Crippen LogP contribution in [0.15, 0.2) is 0 Å². The Bertz CT molecular complexity index is 83.1. The van der Waals surface area contributed by atoms with Gasteiger partial charge in [0, 0.05) is 30.6 Å². The van der Waals surface area contributed by atoms with Gasteiger partial charge in [0.05, 0.1) is 0 Å². The third kappa shape index (κ3) is 1.85. The summed E-state index contributed by atoms with van der Waals surface area (Å²) in [5.74, 6) is 2.60. The van der Waals surface area contributed by atoms with Gasteiger partial charge in [-0.05, 0) is 7.05 Å². The van der Waals surface area contributed by atoms with Crippen LogP contribution in [0.1, 0.15) is 0 Å². The first kappa shape index (κ1) is 7.38. The van der Waals surface area contributed by atoms with Crippen LogP contribution in [-0.4, -0.2) is 42.6 Å². The van der Waals surface area contributed by atoms with E-state index in [1.54, 1.807) is 0 Å². The van der Waals surface area contributed by atoms with Crippen LogP contribution in [0.5, 0.6) is 0 Å². The van der Waals surface area contributed by atoms with Crippen LogP contribution in [0.3, 0.4) is 0 Å². The molecule has 1 heterocycles. The van der Waals surface area contributed by atoms with E-state index >= 15 is 0 Å². The maximum Gasteiger partial charge on any atom is 0.0274 e. The molecular formula is C6H14N2S. The molecule has 0 unspecified atom stereocenters. The minimum absolute atomic E-state index is 0.789. The summed E-state index contributed by atoms with van der Waals surface area (Å²) in [5, 5.41) is 0. The molecule has 0 amide bonds. The molecule has 0 bridgehead atoms. The van der Waals surface area contributed by atoms with E-state index in [-0.39, 0.29) is 0 Å². The molecule has 9 heavy (non-hydrogen) atoms. The standard InChI is InChI=1S/C6H14N2S/c1-8(3-2-7)6-4-9-5-6/h6H,2-5,7H2,1H3. The van der Waals surface area contributed by atoms with Crippen LogP contribution in [0, 0.1) is 0 Å². The molecule has 2 nitrogen and oxygen atoms in total. The Kier molecular flexibility index (Phi) is 2.82. The monoisotopic (exact) mass is 146 g/mol. The Morgan fingerprint density at radius 2 is 2.33 bits per heavy atom. The topological polar surface area (TPSA) is 29.3 Å². The summed E-state index contributed by atoms with van der Waals surface area (Å²) in [6, 6.07) is 0.818. The highest BCUT2D eigenvalue weighted by atomic mass is 32.2. The van der Waals surface area contributed by atoms with Crippen molar-refractivity contribution in [2.24, 2.45) is 5.73 Å². The molecule has 0 aromatic heterocycles. The number of hydrogen-bond acceptors (Lipinski definition) is 3. The number of nitrogens with zero attached hydrogens (tertiary/aromatic N) is 1. The van der Waals surface area contributed by atoms with Gasteiger partial charge in [0.15, 0.2) is 0 Å². The molecule has 1 rings (SSSR count). The number of thioether (sulfide) groups is 1. The van der Waals surface area contributed by atoms with E-state index in [0.717, 1.165) is 19.1 Å². The van der Waals surface area contributed by atoms with Crippen molar-refractivity contribution in [2.45, 2.75) is 6.04 Å². The summed E-state index contributed by atoms with van der Waals surface area (Å²) in [6.45, 7) is 1.84. The summed E-state index contributed by atoms with van der Waals surface area (Å²) in [7, 11) is 2.15. The molecule has 54 valence electrons. The Morgan fingerprint density at radius 1 is 1.67 bits per heavy atom. The van der Waals surface area contributed by atoms with Crippen LogP contribution < -0.4 is 5.73 Å². The van der Waals surface area contributed by atoms with E-state index < -0.39 is 0 Å². The summed E-state index contributed by atoms with van der Waals surface area (Å²) in [5.41, 5.74) is 5.40. The predicted octanol–water partition coefficient (Wildman–Crippen LogP) is -0.00770. The molecule has 0 saturated carbocycles. The third-order valence-electron chi connectivity index (χ3n) is 1.73. The van der Waals surface area contributed by atoms with E-state index in [9.17, 15) is 0 Å². The molecule has 0 radical (unpaired) electrons. The highest BCUT2D eigenvalue weighted by Gasteiger charge is 2.21. The van der Waals surface area contributed by atoms with Gasteiger partial charge in [0.1, 0.15) is 0 Å². The van der Waals surface area contributed by atoms with Gasteiger partial charge in [0.2, 0.25) is 0 Å². The second-order valence-corrected chi connectivity index (χ2v) is 3.54. The van der Waals surface area contributed by atoms with E-state index in [1.807, 2.05) is 11.8 Å². The molecule has 0 spiro atoms. The average Bonchev–Trinajstić information content (AvgIpc) is 1.60. The smallest absolute Gasteiger partial charge is 0.0274 e. The maximum atomic E-state index is 5.40. The third-order valence-corrected chi connectivity index (χ3v) is 2.97. The average molecular weight is 146 g/mol. The minimum Gasteiger partial charge on any atom is -0.329 e. The first-order valence-corrected chi connectivity index (χ1v) is 4.48. The number of rotatable bonds is 3. The highest BCUT2D eigenvalue weighted by molar-refractivity contribution is 8.00. The van der Waals surface area contributed by atoms with E-state index in [2.05, 4.69) is 11.9 Å². The summed E-state index contributed by atoms with van der Waals surface area (Å²) in [6.07, 6.45) is 0. The molecule has 1 saturated heterocycles. The zero-order valence-corrected chi connectivity index (χ0v) is 6.66. The van der Waals surface area contributed by atoms with Crippen LogP contribution in [0.4, 0.5) is 0 Å². The number of likely N-dealkylation sites (N-methyl/N-ethyl adjacent to an activating group) is 1. The first-order chi connectivity index (χ1) is 4.34. The maximum absolute atomic E-state index is 5.40. The van der Waals surface area contributed by atoms with E-state index in [0.29, 0.717) is 0 Å². The van der Waals surface area contributed by atoms with E-state index in [4.69, 9.17) is 5.73 Å².